The molecule has 1 aromatic carbocycles. The molecule has 21 heteroatoms. The molecule has 19 atom stereocenters. The quantitative estimate of drug-likeness (QED) is 0.139. The van der Waals surface area contributed by atoms with Crippen LogP contribution in [0.3, 0.4) is 0 Å². The normalized spacial score (nSPS) is 38.8. The smallest absolute Gasteiger partial charge is 0.311 e. The van der Waals surface area contributed by atoms with Gasteiger partial charge >= 0.3 is 5.97 Å². The summed E-state index contributed by atoms with van der Waals surface area (Å²) in [6.07, 6.45) is -7.20. The molecule has 430 valence electrons. The van der Waals surface area contributed by atoms with Crippen LogP contribution in [-0.2, 0) is 55.9 Å². The molecule has 2 aromatic rings. The van der Waals surface area contributed by atoms with Crippen molar-refractivity contribution in [3.63, 3.8) is 0 Å². The first-order valence-electron chi connectivity index (χ1n) is 26.9. The van der Waals surface area contributed by atoms with Crippen LogP contribution in [0.4, 0.5) is 4.39 Å². The number of benzene rings is 1. The number of alkyl halides is 1. The average molecular weight is 1090 g/mol. The van der Waals surface area contributed by atoms with E-state index in [1.165, 1.54) is 18.7 Å². The van der Waals surface area contributed by atoms with Gasteiger partial charge in [-0.15, -0.1) is 5.10 Å². The SMILES string of the molecule is CC[C@H]1OC(=O)[C@H](C)[C@@H](O[C@H]2C[C@@](C)(OC)[C@@H](O)[C@H](C)O2)[C@H](C)[C@@H](O[C@@H]2O[C@H](C)C[C@H](N(C)CCc3cn([C@H](CF)Cc4ccc(S(=O)(=O)CC(C)C)cc4)nn3)[C@H]2O)[C@](C)(O)C[C@@H](C)CN(C)[C@H](C)[C@@H](O)[C@]1(C)O. The number of halogens is 1. The van der Waals surface area contributed by atoms with Crippen LogP contribution >= 0.6 is 0 Å². The highest BCUT2D eigenvalue weighted by molar-refractivity contribution is 7.91. The highest BCUT2D eigenvalue weighted by Crippen LogP contribution is 2.40. The second-order valence-corrected chi connectivity index (χ2v) is 25.5. The summed E-state index contributed by atoms with van der Waals surface area (Å²) in [4.78, 5) is 18.6. The molecule has 5 rings (SSSR count). The number of sulfone groups is 1. The van der Waals surface area contributed by atoms with Crippen molar-refractivity contribution in [2.45, 2.75) is 223 Å². The van der Waals surface area contributed by atoms with Crippen molar-refractivity contribution in [2.75, 3.05) is 46.7 Å². The van der Waals surface area contributed by atoms with Gasteiger partial charge in [-0.25, -0.2) is 17.5 Å². The third-order valence-electron chi connectivity index (χ3n) is 16.2. The fourth-order valence-electron chi connectivity index (χ4n) is 11.6. The molecular formula is C54H92FN5O14S. The van der Waals surface area contributed by atoms with Gasteiger partial charge in [-0.05, 0) is 118 Å². The number of hydrogen-bond acceptors (Lipinski definition) is 18. The number of cyclic esters (lactones) is 1. The monoisotopic (exact) mass is 1090 g/mol. The second kappa shape index (κ2) is 26.0. The molecule has 3 saturated heterocycles. The lowest BCUT2D eigenvalue weighted by Gasteiger charge is -2.49. The summed E-state index contributed by atoms with van der Waals surface area (Å²) in [5.74, 6) is -2.89. The Morgan fingerprint density at radius 2 is 1.63 bits per heavy atom. The van der Waals surface area contributed by atoms with Gasteiger partial charge in [0.25, 0.3) is 0 Å². The van der Waals surface area contributed by atoms with Gasteiger partial charge in [0, 0.05) is 57.2 Å². The standard InChI is InChI=1S/C54H92FN5O14S/c1-16-43-54(12,66)47(62)36(8)59(14)28-32(4)25-52(10,65)49(34(6)46(35(7)50(64)72-43)73-44-26-53(11,69-15)48(63)37(9)71-44)74-51-45(61)42(23-33(5)70-51)58(13)22-21-39-29-60(57-56-39)40(27-55)24-38-17-19-41(20-18-38)75(67,68)30-31(2)3/h17-20,29,31-37,40,42-49,51,61-63,65-66H,16,21-28,30H2,1-15H3/t32-,33-,34+,35-,36-,37+,40+,42+,43-,44+,45-,46+,47-,48+,49-,51+,52-,53-,54-/m1/s1. The summed E-state index contributed by atoms with van der Waals surface area (Å²) in [7, 11) is 1.75. The number of methoxy groups -OCH3 is 1. The third-order valence-corrected chi connectivity index (χ3v) is 18.3. The molecule has 0 aliphatic carbocycles. The van der Waals surface area contributed by atoms with E-state index < -0.39 is 131 Å². The molecule has 0 amide bonds. The Morgan fingerprint density at radius 3 is 2.23 bits per heavy atom. The molecule has 0 radical (unpaired) electrons. The van der Waals surface area contributed by atoms with Gasteiger partial charge in [-0.3, -0.25) is 4.79 Å². The van der Waals surface area contributed by atoms with Crippen molar-refractivity contribution in [1.82, 2.24) is 24.8 Å². The second-order valence-electron chi connectivity index (χ2n) is 23.5. The van der Waals surface area contributed by atoms with E-state index in [0.29, 0.717) is 31.6 Å². The lowest BCUT2D eigenvalue weighted by molar-refractivity contribution is -0.318. The van der Waals surface area contributed by atoms with Crippen LogP contribution in [0, 0.1) is 23.7 Å². The topological polar surface area (TPSA) is 245 Å². The van der Waals surface area contributed by atoms with Crippen LogP contribution in [0.25, 0.3) is 0 Å². The lowest BCUT2D eigenvalue weighted by atomic mass is 9.77. The van der Waals surface area contributed by atoms with Crippen LogP contribution in [0.2, 0.25) is 0 Å². The van der Waals surface area contributed by atoms with Gasteiger partial charge in [0.2, 0.25) is 0 Å². The first kappa shape index (κ1) is 63.1. The molecule has 1 aromatic heterocycles. The van der Waals surface area contributed by atoms with E-state index in [0.717, 1.165) is 5.56 Å². The molecule has 0 unspecified atom stereocenters. The zero-order valence-corrected chi connectivity index (χ0v) is 48.0. The Labute approximate surface area is 445 Å². The minimum atomic E-state index is -3.43. The van der Waals surface area contributed by atoms with E-state index in [1.807, 2.05) is 51.6 Å². The molecule has 3 aliphatic heterocycles. The van der Waals surface area contributed by atoms with Crippen molar-refractivity contribution in [3.8, 4) is 0 Å². The number of hydrogen-bond donors (Lipinski definition) is 5. The number of nitrogens with zero attached hydrogens (tertiary/aromatic N) is 5. The molecule has 5 N–H and O–H groups in total. The largest absolute Gasteiger partial charge is 0.459 e. The van der Waals surface area contributed by atoms with E-state index >= 15 is 0 Å². The van der Waals surface area contributed by atoms with E-state index in [-0.39, 0.29) is 48.2 Å². The predicted molar refractivity (Wildman–Crippen MR) is 279 cm³/mol. The summed E-state index contributed by atoms with van der Waals surface area (Å²) in [6.45, 7) is 21.1. The Hall–Kier alpha value is -2.77. The molecular weight excluding hydrogens is 994 g/mol. The van der Waals surface area contributed by atoms with Crippen LogP contribution in [-0.4, -0.2) is 202 Å². The highest BCUT2D eigenvalue weighted by Gasteiger charge is 2.53. The predicted octanol–water partition coefficient (Wildman–Crippen LogP) is 4.29. The Kier molecular flexibility index (Phi) is 21.9. The van der Waals surface area contributed by atoms with E-state index in [4.69, 9.17) is 28.4 Å². The van der Waals surface area contributed by atoms with Gasteiger partial charge in [0.1, 0.15) is 36.7 Å². The van der Waals surface area contributed by atoms with Crippen LogP contribution in [0.5, 0.6) is 0 Å². The molecule has 0 spiro atoms. The maximum atomic E-state index is 14.5. The Bertz CT molecular complexity index is 2220. The number of likely N-dealkylation sites (N-methyl/N-ethyl adjacent to an activating group) is 2. The van der Waals surface area contributed by atoms with Gasteiger partial charge in [0.15, 0.2) is 22.4 Å². The molecule has 4 heterocycles. The molecule has 19 nitrogen and oxygen atoms in total. The maximum Gasteiger partial charge on any atom is 0.311 e. The molecule has 0 saturated carbocycles. The van der Waals surface area contributed by atoms with Gasteiger partial charge < -0.3 is 63.8 Å². The van der Waals surface area contributed by atoms with Gasteiger partial charge in [-0.1, -0.05) is 52.0 Å². The summed E-state index contributed by atoms with van der Waals surface area (Å²) in [5.41, 5.74) is -3.26. The number of rotatable bonds is 17. The number of carbonyl (C=O) groups excluding carboxylic acids is 1. The molecule has 0 bridgehead atoms. The minimum absolute atomic E-state index is 0.0214. The minimum Gasteiger partial charge on any atom is -0.459 e. The Balaban J connectivity index is 1.41. The zero-order valence-electron chi connectivity index (χ0n) is 47.2. The van der Waals surface area contributed by atoms with Crippen molar-refractivity contribution >= 4 is 15.8 Å². The number of ether oxygens (including phenoxy) is 6. The number of carbonyl (C=O) groups is 1. The number of aromatic nitrogens is 3. The van der Waals surface area contributed by atoms with Crippen molar-refractivity contribution < 1.29 is 71.6 Å². The number of aliphatic hydroxyl groups is 5. The summed E-state index contributed by atoms with van der Waals surface area (Å²) in [5, 5.41) is 68.4. The highest BCUT2D eigenvalue weighted by atomic mass is 32.2. The van der Waals surface area contributed by atoms with Crippen LogP contribution in [0.15, 0.2) is 35.4 Å². The summed E-state index contributed by atoms with van der Waals surface area (Å²) in [6, 6.07) is 4.75. The molecule has 3 fully saturated rings. The van der Waals surface area contributed by atoms with Gasteiger partial charge in [0.05, 0.1) is 63.9 Å². The lowest BCUT2D eigenvalue weighted by Crippen LogP contribution is -2.61. The number of esters is 1. The van der Waals surface area contributed by atoms with E-state index in [2.05, 4.69) is 10.3 Å². The van der Waals surface area contributed by atoms with Crippen molar-refractivity contribution in [2.24, 2.45) is 23.7 Å². The fourth-order valence-corrected chi connectivity index (χ4v) is 13.2. The summed E-state index contributed by atoms with van der Waals surface area (Å²) >= 11 is 0. The first-order chi connectivity index (χ1) is 34.9. The van der Waals surface area contributed by atoms with Crippen molar-refractivity contribution in [1.29, 1.82) is 0 Å². The average Bonchev–Trinajstić information content (AvgIpc) is 3.82. The number of aliphatic hydroxyl groups excluding tert-OH is 3. The van der Waals surface area contributed by atoms with Gasteiger partial charge in [-0.2, -0.15) is 0 Å². The van der Waals surface area contributed by atoms with Crippen LogP contribution < -0.4 is 0 Å². The zero-order chi connectivity index (χ0) is 56.1. The molecule has 75 heavy (non-hydrogen) atoms. The van der Waals surface area contributed by atoms with E-state index in [1.54, 1.807) is 78.9 Å². The first-order valence-corrected chi connectivity index (χ1v) is 28.6. The van der Waals surface area contributed by atoms with E-state index in [9.17, 15) is 43.1 Å². The maximum absolute atomic E-state index is 14.5. The summed E-state index contributed by atoms with van der Waals surface area (Å²) < 4.78 is 79.8. The Morgan fingerprint density at radius 1 is 0.973 bits per heavy atom. The van der Waals surface area contributed by atoms with Crippen molar-refractivity contribution in [3.05, 3.63) is 41.7 Å². The fraction of sp³-hybridized carbons (Fsp3) is 0.833. The third kappa shape index (κ3) is 15.3. The van der Waals surface area contributed by atoms with Crippen LogP contribution in [0.1, 0.15) is 126 Å². The molecule has 3 aliphatic rings.